The molecule has 0 aromatic carbocycles. The lowest BCUT2D eigenvalue weighted by Crippen LogP contribution is -2.54. The van der Waals surface area contributed by atoms with Gasteiger partial charge in [-0.2, -0.15) is 0 Å². The van der Waals surface area contributed by atoms with Crippen LogP contribution in [0, 0.1) is 18.3 Å². The minimum absolute atomic E-state index is 0.221. The van der Waals surface area contributed by atoms with Crippen LogP contribution in [0.4, 0.5) is 0 Å². The second-order valence-corrected chi connectivity index (χ2v) is 7.95. The van der Waals surface area contributed by atoms with Crippen LogP contribution in [0.15, 0.2) is 22.3 Å². The van der Waals surface area contributed by atoms with Crippen LogP contribution in [0.5, 0.6) is 0 Å². The molecule has 0 amide bonds. The molecule has 24 heavy (non-hydrogen) atoms. The van der Waals surface area contributed by atoms with Gasteiger partial charge in [0.05, 0.1) is 12.4 Å². The van der Waals surface area contributed by atoms with E-state index in [0.29, 0.717) is 11.5 Å². The Labute approximate surface area is 143 Å². The molecule has 2 aliphatic carbocycles. The second kappa shape index (κ2) is 4.98. The van der Waals surface area contributed by atoms with Crippen molar-refractivity contribution in [3.8, 4) is 0 Å². The van der Waals surface area contributed by atoms with Gasteiger partial charge in [-0.3, -0.25) is 0 Å². The van der Waals surface area contributed by atoms with Crippen molar-refractivity contribution in [2.24, 2.45) is 11.3 Å². The van der Waals surface area contributed by atoms with E-state index < -0.39 is 0 Å². The number of furan rings is 1. The first kappa shape index (κ1) is 15.9. The predicted octanol–water partition coefficient (Wildman–Crippen LogP) is 4.27. The van der Waals surface area contributed by atoms with E-state index in [1.165, 1.54) is 0 Å². The average Bonchev–Trinajstić information content (AvgIpc) is 3.17. The van der Waals surface area contributed by atoms with Gasteiger partial charge >= 0.3 is 5.97 Å². The number of carbonyl (C=O) groups excluding carboxylic acids is 1. The molecule has 4 heteroatoms. The molecule has 1 saturated carbocycles. The third-order valence-electron chi connectivity index (χ3n) is 6.93. The Balaban J connectivity index is 1.83. The lowest BCUT2D eigenvalue weighted by Gasteiger charge is -2.50. The first-order valence-corrected chi connectivity index (χ1v) is 8.93. The Morgan fingerprint density at radius 3 is 2.88 bits per heavy atom. The van der Waals surface area contributed by atoms with Gasteiger partial charge in [-0.05, 0) is 45.1 Å². The van der Waals surface area contributed by atoms with Crippen molar-refractivity contribution < 1.29 is 18.7 Å². The highest BCUT2D eigenvalue weighted by Crippen LogP contribution is 2.69. The number of ether oxygens (including phenoxy) is 2. The van der Waals surface area contributed by atoms with Crippen LogP contribution in [0.1, 0.15) is 63.5 Å². The molecule has 0 radical (unpaired) electrons. The summed E-state index contributed by atoms with van der Waals surface area (Å²) < 4.78 is 18.2. The van der Waals surface area contributed by atoms with E-state index in [9.17, 15) is 4.79 Å². The van der Waals surface area contributed by atoms with Crippen molar-refractivity contribution in [2.75, 3.05) is 0 Å². The molecule has 1 aromatic rings. The molecule has 130 valence electrons. The minimum atomic E-state index is -0.317. The number of carbonyl (C=O) groups is 1. The molecule has 2 heterocycles. The molecule has 4 rings (SSSR count). The van der Waals surface area contributed by atoms with Crippen LogP contribution in [0.3, 0.4) is 0 Å². The summed E-state index contributed by atoms with van der Waals surface area (Å²) in [6.45, 7) is 10.2. The van der Waals surface area contributed by atoms with Gasteiger partial charge in [0.2, 0.25) is 0 Å². The van der Waals surface area contributed by atoms with E-state index in [-0.39, 0.29) is 29.2 Å². The summed E-state index contributed by atoms with van der Waals surface area (Å²) in [6.07, 6.45) is 6.51. The zero-order valence-corrected chi connectivity index (χ0v) is 15.1. The molecule has 4 nitrogen and oxygen atoms in total. The highest BCUT2D eigenvalue weighted by molar-refractivity contribution is 5.88. The first-order valence-electron chi connectivity index (χ1n) is 8.93. The van der Waals surface area contributed by atoms with Crippen molar-refractivity contribution in [1.29, 1.82) is 0 Å². The summed E-state index contributed by atoms with van der Waals surface area (Å²) >= 11 is 0. The molecule has 1 aliphatic heterocycles. The summed E-state index contributed by atoms with van der Waals surface area (Å²) in [5, 5.41) is 0. The molecule has 1 saturated heterocycles. The largest absolute Gasteiger partial charge is 0.469 e. The molecule has 5 atom stereocenters. The molecule has 3 aliphatic rings. The zero-order valence-electron chi connectivity index (χ0n) is 15.1. The summed E-state index contributed by atoms with van der Waals surface area (Å²) in [4.78, 5) is 12.6. The molecular weight excluding hydrogens is 304 g/mol. The van der Waals surface area contributed by atoms with Crippen molar-refractivity contribution in [1.82, 2.24) is 0 Å². The number of hydrogen-bond acceptors (Lipinski definition) is 4. The third kappa shape index (κ3) is 1.81. The maximum atomic E-state index is 12.6. The quantitative estimate of drug-likeness (QED) is 0.462. The van der Waals surface area contributed by atoms with E-state index in [2.05, 4.69) is 13.8 Å². The maximum Gasteiger partial charge on any atom is 0.334 e. The molecule has 0 bridgehead atoms. The number of fused-ring (bicyclic) bond motifs is 1. The van der Waals surface area contributed by atoms with Crippen LogP contribution in [0.2, 0.25) is 0 Å². The summed E-state index contributed by atoms with van der Waals surface area (Å²) in [6, 6.07) is 0. The van der Waals surface area contributed by atoms with Crippen molar-refractivity contribution in [3.63, 3.8) is 0 Å². The number of epoxide rings is 1. The van der Waals surface area contributed by atoms with Gasteiger partial charge in [0.25, 0.3) is 0 Å². The monoisotopic (exact) mass is 330 g/mol. The number of esters is 1. The molecule has 2 fully saturated rings. The van der Waals surface area contributed by atoms with E-state index in [1.807, 2.05) is 13.8 Å². The Morgan fingerprint density at radius 1 is 1.42 bits per heavy atom. The smallest absolute Gasteiger partial charge is 0.334 e. The van der Waals surface area contributed by atoms with Gasteiger partial charge in [0.1, 0.15) is 17.5 Å². The van der Waals surface area contributed by atoms with Crippen molar-refractivity contribution >= 4 is 5.97 Å². The van der Waals surface area contributed by atoms with E-state index in [1.54, 1.807) is 19.3 Å². The topological polar surface area (TPSA) is 52.0 Å². The third-order valence-corrected chi connectivity index (χ3v) is 6.93. The van der Waals surface area contributed by atoms with Crippen LogP contribution < -0.4 is 0 Å². The average molecular weight is 330 g/mol. The Hall–Kier alpha value is -1.55. The fourth-order valence-corrected chi connectivity index (χ4v) is 4.96. The zero-order chi connectivity index (χ0) is 17.3. The van der Waals surface area contributed by atoms with E-state index in [4.69, 9.17) is 13.9 Å². The van der Waals surface area contributed by atoms with E-state index >= 15 is 0 Å². The Bertz CT molecular complexity index is 730. The molecule has 1 spiro atoms. The highest BCUT2D eigenvalue weighted by atomic mass is 16.6. The summed E-state index contributed by atoms with van der Waals surface area (Å²) in [5.74, 6) is 1.10. The number of rotatable bonds is 2. The standard InChI is InChI=1S/C20H26O4/c1-6-11(2)18(21)23-17-16-12(3)10-22-14(16)9-20-15(24-20)8-7-13(4)19(17,20)5/h6,10,13,15,17H,7-9H2,1-5H3/b11-6+/t13-,15-,17+,19-,20-/m0/s1. The van der Waals surface area contributed by atoms with Crippen LogP contribution in [-0.2, 0) is 20.7 Å². The first-order chi connectivity index (χ1) is 11.3. The van der Waals surface area contributed by atoms with Gasteiger partial charge in [-0.1, -0.05) is 19.9 Å². The molecule has 0 unspecified atom stereocenters. The molecule has 1 aromatic heterocycles. The highest BCUT2D eigenvalue weighted by Gasteiger charge is 2.75. The lowest BCUT2D eigenvalue weighted by molar-refractivity contribution is -0.164. The number of aryl methyl sites for hydroxylation is 1. The number of hydrogen-bond donors (Lipinski definition) is 0. The van der Waals surface area contributed by atoms with Crippen LogP contribution in [0.25, 0.3) is 0 Å². The fraction of sp³-hybridized carbons (Fsp3) is 0.650. The van der Waals surface area contributed by atoms with Crippen LogP contribution >= 0.6 is 0 Å². The number of allylic oxidation sites excluding steroid dienone is 1. The van der Waals surface area contributed by atoms with Crippen molar-refractivity contribution in [3.05, 3.63) is 34.8 Å². The van der Waals surface area contributed by atoms with Gasteiger partial charge in [0, 0.05) is 23.0 Å². The minimum Gasteiger partial charge on any atom is -0.469 e. The molecular formula is C20H26O4. The van der Waals surface area contributed by atoms with E-state index in [0.717, 1.165) is 36.1 Å². The van der Waals surface area contributed by atoms with Gasteiger partial charge in [-0.25, -0.2) is 4.79 Å². The maximum absolute atomic E-state index is 12.6. The van der Waals surface area contributed by atoms with Gasteiger partial charge < -0.3 is 13.9 Å². The Kier molecular flexibility index (Phi) is 3.31. The Morgan fingerprint density at radius 2 is 2.17 bits per heavy atom. The lowest BCUT2D eigenvalue weighted by atomic mass is 9.53. The van der Waals surface area contributed by atoms with Crippen molar-refractivity contribution in [2.45, 2.75) is 71.7 Å². The molecule has 0 N–H and O–H groups in total. The summed E-state index contributed by atoms with van der Waals surface area (Å²) in [7, 11) is 0. The second-order valence-electron chi connectivity index (χ2n) is 7.95. The fourth-order valence-electron chi connectivity index (χ4n) is 4.96. The van der Waals surface area contributed by atoms with Gasteiger partial charge in [0.15, 0.2) is 0 Å². The van der Waals surface area contributed by atoms with Gasteiger partial charge in [-0.15, -0.1) is 0 Å². The summed E-state index contributed by atoms with van der Waals surface area (Å²) in [5.41, 5.74) is 2.30. The SMILES string of the molecule is C/C=C(\C)C(=O)O[C@@H]1c2c(C)coc2C[C@]23O[C@H]2CC[C@H](C)[C@@]13C. The predicted molar refractivity (Wildman–Crippen MR) is 89.5 cm³/mol. The normalized spacial score (nSPS) is 40.4. The van der Waals surface area contributed by atoms with Crippen LogP contribution in [-0.4, -0.2) is 17.7 Å².